The van der Waals surface area contributed by atoms with Crippen molar-refractivity contribution in [2.75, 3.05) is 12.3 Å². The van der Waals surface area contributed by atoms with Gasteiger partial charge in [0.05, 0.1) is 12.9 Å². The third kappa shape index (κ3) is 3.92. The van der Waals surface area contributed by atoms with E-state index in [0.29, 0.717) is 0 Å². The molecule has 0 amide bonds. The van der Waals surface area contributed by atoms with Crippen molar-refractivity contribution in [1.82, 2.24) is 19.1 Å². The van der Waals surface area contributed by atoms with Gasteiger partial charge in [0.2, 0.25) is 5.95 Å². The second kappa shape index (κ2) is 7.83. The van der Waals surface area contributed by atoms with Crippen LogP contribution in [0.1, 0.15) is 6.23 Å². The molecule has 17 nitrogen and oxygen atoms in total. The first-order valence-electron chi connectivity index (χ1n) is 8.10. The van der Waals surface area contributed by atoms with Crippen molar-refractivity contribution in [3.63, 3.8) is 0 Å². The summed E-state index contributed by atoms with van der Waals surface area (Å²) in [5.74, 6) is -0.217. The first kappa shape index (κ1) is 24.2. The Hall–Kier alpha value is -1.48. The molecule has 3 heterocycles. The average molecular weight is 501 g/mol. The molecule has 4 N–H and O–H groups in total. The molecule has 1 saturated heterocycles. The number of aromatic nitrogens is 4. The minimum atomic E-state index is -6.59. The van der Waals surface area contributed by atoms with Crippen molar-refractivity contribution < 1.29 is 52.7 Å². The van der Waals surface area contributed by atoms with Gasteiger partial charge in [0.25, 0.3) is 5.56 Å². The van der Waals surface area contributed by atoms with Gasteiger partial charge in [-0.05, 0) is 7.28 Å². The zero-order valence-corrected chi connectivity index (χ0v) is 18.0. The predicted octanol–water partition coefficient (Wildman–Crippen LogP) is -4.72. The molecule has 31 heavy (non-hydrogen) atoms. The largest absolute Gasteiger partial charge is 0.806 e. The molecule has 174 valence electrons. The molecule has 1 aliphatic rings. The fourth-order valence-corrected chi connectivity index (χ4v) is 7.79. The number of aliphatic hydroxyl groups is 2. The van der Waals surface area contributed by atoms with Crippen molar-refractivity contribution in [3.8, 4) is 0 Å². The number of ether oxygens (including phenoxy) is 1. The van der Waals surface area contributed by atoms with Gasteiger partial charge in [0.15, 0.2) is 24.7 Å². The first-order chi connectivity index (χ1) is 14.1. The Balaban J connectivity index is 1.86. The fraction of sp³-hybridized carbons (Fsp3) is 0.545. The van der Waals surface area contributed by atoms with E-state index in [9.17, 15) is 48.3 Å². The maximum Gasteiger partial charge on any atom is 0.282 e. The summed E-state index contributed by atoms with van der Waals surface area (Å²) in [6, 6.07) is 0. The van der Waals surface area contributed by atoms with E-state index in [1.54, 1.807) is 0 Å². The number of fused-ring (bicyclic) bond motifs is 1. The van der Waals surface area contributed by atoms with E-state index in [0.717, 1.165) is 15.5 Å². The summed E-state index contributed by atoms with van der Waals surface area (Å²) in [5, 5.41) is 20.3. The van der Waals surface area contributed by atoms with E-state index in [4.69, 9.17) is 10.5 Å². The SMILES string of the molecule is Cn1c(N)nc2c(ncn2[C@@H]2O[C@H](COP(=O)([O-])P(=O)([O-])P(=O)([O-])[O-])C(O)[C@@H]2O)c1=O. The quantitative estimate of drug-likeness (QED) is 0.313. The lowest BCUT2D eigenvalue weighted by atomic mass is 10.1. The van der Waals surface area contributed by atoms with Gasteiger partial charge in [-0.15, -0.1) is 0 Å². The number of nitrogens with zero attached hydrogens (tertiary/aromatic N) is 4. The van der Waals surface area contributed by atoms with Crippen LogP contribution in [0.25, 0.3) is 11.2 Å². The van der Waals surface area contributed by atoms with Crippen LogP contribution >= 0.6 is 21.3 Å². The molecule has 0 saturated carbocycles. The van der Waals surface area contributed by atoms with Crippen LogP contribution in [0.2, 0.25) is 0 Å². The van der Waals surface area contributed by atoms with Gasteiger partial charge in [-0.25, -0.2) is 4.98 Å². The third-order valence-electron chi connectivity index (χ3n) is 4.47. The molecular weight excluding hydrogens is 487 g/mol. The Morgan fingerprint density at radius 3 is 2.42 bits per heavy atom. The Morgan fingerprint density at radius 1 is 1.23 bits per heavy atom. The van der Waals surface area contributed by atoms with E-state index in [1.165, 1.54) is 7.05 Å². The summed E-state index contributed by atoms with van der Waals surface area (Å²) in [5.41, 5.74) is 4.67. The molecule has 0 radical (unpaired) electrons. The second-order valence-electron chi connectivity index (χ2n) is 6.43. The minimum absolute atomic E-state index is 0.143. The van der Waals surface area contributed by atoms with Crippen molar-refractivity contribution >= 4 is 38.4 Å². The van der Waals surface area contributed by atoms with E-state index >= 15 is 0 Å². The highest BCUT2D eigenvalue weighted by Crippen LogP contribution is 2.87. The van der Waals surface area contributed by atoms with Crippen LogP contribution in [0.5, 0.6) is 0 Å². The smallest absolute Gasteiger partial charge is 0.282 e. The Labute approximate surface area is 171 Å². The number of imidazole rings is 1. The molecular formula is C11H14N5O12P3-4. The van der Waals surface area contributed by atoms with Gasteiger partial charge in [0.1, 0.15) is 25.1 Å². The van der Waals surface area contributed by atoms with Gasteiger partial charge in [-0.3, -0.25) is 13.9 Å². The van der Waals surface area contributed by atoms with Crippen LogP contribution in [0.4, 0.5) is 5.95 Å². The number of hydrogen-bond donors (Lipinski definition) is 3. The lowest BCUT2D eigenvalue weighted by molar-refractivity contribution is -0.311. The molecule has 20 heteroatoms. The lowest BCUT2D eigenvalue weighted by Gasteiger charge is -2.48. The van der Waals surface area contributed by atoms with Crippen molar-refractivity contribution in [2.24, 2.45) is 7.05 Å². The number of nitrogen functional groups attached to an aromatic ring is 1. The molecule has 2 aromatic heterocycles. The van der Waals surface area contributed by atoms with Crippen LogP contribution in [-0.4, -0.2) is 54.2 Å². The zero-order chi connectivity index (χ0) is 23.5. The molecule has 1 fully saturated rings. The molecule has 0 aromatic carbocycles. The Bertz CT molecular complexity index is 1220. The van der Waals surface area contributed by atoms with Crippen molar-refractivity contribution in [1.29, 1.82) is 0 Å². The maximum absolute atomic E-state index is 12.2. The van der Waals surface area contributed by atoms with Crippen molar-refractivity contribution in [3.05, 3.63) is 16.7 Å². The van der Waals surface area contributed by atoms with Crippen LogP contribution in [-0.2, 0) is 30.0 Å². The Kier molecular flexibility index (Phi) is 6.10. The number of nitrogens with two attached hydrogens (primary N) is 1. The van der Waals surface area contributed by atoms with E-state index in [1.807, 2.05) is 0 Å². The standard InChI is InChI=1S/C11H18N5O12P3/c1-15-9(19)5-8(14-11(15)12)16(3-13-5)10-7(18)6(17)4(28-10)2-27-30(23,24)31(25,26)29(20,21)22/h3-4,6-7,10,17-18H,2H2,1H3,(H2,12,14)(H,23,24)(H,25,26)(H2,20,21,22)/p-4/t4-,6?,7+,10-/m1/s1. The molecule has 2 aromatic rings. The molecule has 0 spiro atoms. The predicted molar refractivity (Wildman–Crippen MR) is 91.9 cm³/mol. The summed E-state index contributed by atoms with van der Waals surface area (Å²) in [6.07, 6.45) is -5.79. The van der Waals surface area contributed by atoms with E-state index in [-0.39, 0.29) is 17.1 Å². The molecule has 1 aliphatic heterocycles. The van der Waals surface area contributed by atoms with Gasteiger partial charge < -0.3 is 58.5 Å². The van der Waals surface area contributed by atoms with Gasteiger partial charge in [0, 0.05) is 7.05 Å². The number of rotatable bonds is 6. The number of hydrogen-bond acceptors (Lipinski definition) is 15. The van der Waals surface area contributed by atoms with Crippen LogP contribution < -0.4 is 30.9 Å². The van der Waals surface area contributed by atoms with Crippen LogP contribution in [0, 0.1) is 0 Å². The van der Waals surface area contributed by atoms with Crippen molar-refractivity contribution in [2.45, 2.75) is 24.5 Å². The lowest BCUT2D eigenvalue weighted by Crippen LogP contribution is -2.34. The third-order valence-corrected chi connectivity index (χ3v) is 14.2. The Morgan fingerprint density at radius 2 is 1.84 bits per heavy atom. The molecule has 0 aliphatic carbocycles. The molecule has 6 atom stereocenters. The number of anilines is 1. The van der Waals surface area contributed by atoms with E-state index in [2.05, 4.69) is 14.5 Å². The highest BCUT2D eigenvalue weighted by Gasteiger charge is 2.45. The number of aliphatic hydroxyl groups excluding tert-OH is 2. The summed E-state index contributed by atoms with van der Waals surface area (Å²) in [4.78, 5) is 64.3. The van der Waals surface area contributed by atoms with Crippen LogP contribution in [0.15, 0.2) is 11.1 Å². The second-order valence-corrected chi connectivity index (χ2v) is 16.6. The fourth-order valence-electron chi connectivity index (χ4n) is 2.72. The van der Waals surface area contributed by atoms with E-state index < -0.39 is 58.0 Å². The average Bonchev–Trinajstić information content (AvgIpc) is 3.19. The summed E-state index contributed by atoms with van der Waals surface area (Å²) in [6.45, 7) is -7.84. The topological polar surface area (TPSA) is 281 Å². The molecule has 3 unspecified atom stereocenters. The normalized spacial score (nSPS) is 28.5. The van der Waals surface area contributed by atoms with Gasteiger partial charge in [-0.1, -0.05) is 0 Å². The maximum atomic E-state index is 12.2. The summed E-state index contributed by atoms with van der Waals surface area (Å²) >= 11 is 0. The van der Waals surface area contributed by atoms with Crippen LogP contribution in [0.3, 0.4) is 0 Å². The zero-order valence-electron chi connectivity index (χ0n) is 15.3. The summed E-state index contributed by atoms with van der Waals surface area (Å²) < 4.78 is 45.0. The minimum Gasteiger partial charge on any atom is -0.806 e. The summed E-state index contributed by atoms with van der Waals surface area (Å²) in [7, 11) is -11.5. The van der Waals surface area contributed by atoms with Gasteiger partial charge >= 0.3 is 0 Å². The molecule has 0 bridgehead atoms. The highest BCUT2D eigenvalue weighted by molar-refractivity contribution is 8.58. The first-order valence-corrected chi connectivity index (χ1v) is 14.2. The van der Waals surface area contributed by atoms with Gasteiger partial charge in [-0.2, -0.15) is 4.98 Å². The molecule has 3 rings (SSSR count). The monoisotopic (exact) mass is 501 g/mol. The highest BCUT2D eigenvalue weighted by atomic mass is 32.5.